The second-order valence-corrected chi connectivity index (χ2v) is 7.46. The summed E-state index contributed by atoms with van der Waals surface area (Å²) in [4.78, 5) is 0.342. The van der Waals surface area contributed by atoms with Gasteiger partial charge in [-0.25, -0.2) is 8.42 Å². The smallest absolute Gasteiger partial charge is 0.244 e. The molecular weight excluding hydrogens is 286 g/mol. The molecule has 0 saturated carbocycles. The lowest BCUT2D eigenvalue weighted by atomic mass is 10.3. The zero-order chi connectivity index (χ0) is 16.0. The SMILES string of the molecule is C=CCN(C)S(=O)(=O)c1cc(CNCCC)n(C(C)C)c1. The van der Waals surface area contributed by atoms with Crippen LogP contribution >= 0.6 is 0 Å². The van der Waals surface area contributed by atoms with Crippen LogP contribution in [0.1, 0.15) is 38.9 Å². The average molecular weight is 313 g/mol. The fraction of sp³-hybridized carbons (Fsp3) is 0.600. The molecule has 120 valence electrons. The molecule has 1 aromatic rings. The molecule has 5 nitrogen and oxygen atoms in total. The Kier molecular flexibility index (Phi) is 6.64. The minimum atomic E-state index is -3.45. The summed E-state index contributed by atoms with van der Waals surface area (Å²) in [6, 6.07) is 1.98. The molecule has 0 spiro atoms. The van der Waals surface area contributed by atoms with E-state index >= 15 is 0 Å². The predicted molar refractivity (Wildman–Crippen MR) is 86.8 cm³/mol. The third-order valence-electron chi connectivity index (χ3n) is 3.29. The van der Waals surface area contributed by atoms with Crippen molar-refractivity contribution in [2.24, 2.45) is 0 Å². The van der Waals surface area contributed by atoms with Gasteiger partial charge in [0.1, 0.15) is 4.90 Å². The van der Waals surface area contributed by atoms with Crippen molar-refractivity contribution in [1.29, 1.82) is 0 Å². The first-order valence-corrected chi connectivity index (χ1v) is 8.77. The lowest BCUT2D eigenvalue weighted by Crippen LogP contribution is -2.26. The molecule has 0 amide bonds. The van der Waals surface area contributed by atoms with Crippen LogP contribution in [-0.2, 0) is 16.6 Å². The summed E-state index contributed by atoms with van der Waals surface area (Å²) in [5.74, 6) is 0. The number of sulfonamides is 1. The van der Waals surface area contributed by atoms with Crippen molar-refractivity contribution in [3.05, 3.63) is 30.6 Å². The third-order valence-corrected chi connectivity index (χ3v) is 5.08. The number of nitrogens with zero attached hydrogens (tertiary/aromatic N) is 2. The van der Waals surface area contributed by atoms with Gasteiger partial charge in [-0.05, 0) is 32.9 Å². The van der Waals surface area contributed by atoms with E-state index in [2.05, 4.69) is 18.8 Å². The van der Waals surface area contributed by atoms with Crippen LogP contribution in [-0.4, -0.2) is 37.4 Å². The van der Waals surface area contributed by atoms with Crippen LogP contribution in [0.15, 0.2) is 29.8 Å². The van der Waals surface area contributed by atoms with Gasteiger partial charge in [0.2, 0.25) is 10.0 Å². The van der Waals surface area contributed by atoms with Crippen LogP contribution in [0.5, 0.6) is 0 Å². The van der Waals surface area contributed by atoms with Gasteiger partial charge in [-0.3, -0.25) is 0 Å². The lowest BCUT2D eigenvalue weighted by Gasteiger charge is -2.14. The summed E-state index contributed by atoms with van der Waals surface area (Å²) in [5.41, 5.74) is 0.990. The van der Waals surface area contributed by atoms with E-state index in [4.69, 9.17) is 0 Å². The Balaban J connectivity index is 3.09. The molecule has 0 aliphatic carbocycles. The van der Waals surface area contributed by atoms with Crippen LogP contribution in [0.4, 0.5) is 0 Å². The minimum Gasteiger partial charge on any atom is -0.346 e. The molecule has 21 heavy (non-hydrogen) atoms. The van der Waals surface area contributed by atoms with Gasteiger partial charge in [0, 0.05) is 38.1 Å². The molecule has 0 radical (unpaired) electrons. The van der Waals surface area contributed by atoms with Crippen LogP contribution in [0.2, 0.25) is 0 Å². The largest absolute Gasteiger partial charge is 0.346 e. The van der Waals surface area contributed by atoms with Crippen LogP contribution in [0.3, 0.4) is 0 Å². The Morgan fingerprint density at radius 1 is 1.48 bits per heavy atom. The highest BCUT2D eigenvalue weighted by molar-refractivity contribution is 7.89. The summed E-state index contributed by atoms with van der Waals surface area (Å²) in [5, 5.41) is 3.32. The predicted octanol–water partition coefficient (Wildman–Crippen LogP) is 2.38. The first kappa shape index (κ1) is 17.9. The quantitative estimate of drug-likeness (QED) is 0.562. The fourth-order valence-electron chi connectivity index (χ4n) is 2.11. The summed E-state index contributed by atoms with van der Waals surface area (Å²) in [7, 11) is -1.89. The van der Waals surface area contributed by atoms with Crippen LogP contribution in [0.25, 0.3) is 0 Å². The molecule has 0 unspecified atom stereocenters. The number of likely N-dealkylation sites (N-methyl/N-ethyl adjacent to an activating group) is 1. The Hall–Kier alpha value is -1.11. The van der Waals surface area contributed by atoms with Gasteiger partial charge < -0.3 is 9.88 Å². The summed E-state index contributed by atoms with van der Waals surface area (Å²) in [6.07, 6.45) is 4.36. The number of aromatic nitrogens is 1. The standard InChI is InChI=1S/C15H27N3O2S/c1-6-8-16-11-14-10-15(12-18(14)13(3)4)21(19,20)17(5)9-7-2/h7,10,12-13,16H,2,6,8-9,11H2,1,3-5H3. The summed E-state index contributed by atoms with van der Waals surface area (Å²) in [6.45, 7) is 11.7. The molecular formula is C15H27N3O2S. The van der Waals surface area contributed by atoms with E-state index in [-0.39, 0.29) is 6.04 Å². The van der Waals surface area contributed by atoms with E-state index in [1.807, 2.05) is 18.4 Å². The first-order valence-electron chi connectivity index (χ1n) is 7.33. The van der Waals surface area contributed by atoms with Gasteiger partial charge in [-0.15, -0.1) is 6.58 Å². The Morgan fingerprint density at radius 2 is 2.14 bits per heavy atom. The van der Waals surface area contributed by atoms with Crippen molar-refractivity contribution in [3.8, 4) is 0 Å². The molecule has 0 saturated heterocycles. The number of nitrogens with one attached hydrogen (secondary N) is 1. The third kappa shape index (κ3) is 4.43. The van der Waals surface area contributed by atoms with E-state index in [1.54, 1.807) is 25.4 Å². The molecule has 0 fully saturated rings. The van der Waals surface area contributed by atoms with E-state index in [9.17, 15) is 8.42 Å². The van der Waals surface area contributed by atoms with E-state index in [1.165, 1.54) is 4.31 Å². The molecule has 0 aliphatic heterocycles. The monoisotopic (exact) mass is 313 g/mol. The number of rotatable bonds is 9. The second-order valence-electron chi connectivity index (χ2n) is 5.42. The fourth-order valence-corrected chi connectivity index (χ4v) is 3.31. The van der Waals surface area contributed by atoms with E-state index in [0.717, 1.165) is 18.7 Å². The van der Waals surface area contributed by atoms with Crippen LogP contribution < -0.4 is 5.32 Å². The maximum absolute atomic E-state index is 12.5. The van der Waals surface area contributed by atoms with Gasteiger partial charge in [0.25, 0.3) is 0 Å². The molecule has 6 heteroatoms. The Morgan fingerprint density at radius 3 is 2.67 bits per heavy atom. The number of hydrogen-bond acceptors (Lipinski definition) is 3. The molecule has 0 aliphatic rings. The first-order chi connectivity index (χ1) is 9.84. The molecule has 0 aromatic carbocycles. The van der Waals surface area contributed by atoms with Gasteiger partial charge in [-0.1, -0.05) is 13.0 Å². The molecule has 1 N–H and O–H groups in total. The van der Waals surface area contributed by atoms with E-state index in [0.29, 0.717) is 18.0 Å². The normalized spacial score (nSPS) is 12.3. The minimum absolute atomic E-state index is 0.220. The van der Waals surface area contributed by atoms with Crippen molar-refractivity contribution in [3.63, 3.8) is 0 Å². The average Bonchev–Trinajstić information content (AvgIpc) is 2.84. The van der Waals surface area contributed by atoms with Crippen molar-refractivity contribution in [2.75, 3.05) is 20.1 Å². The van der Waals surface area contributed by atoms with Crippen molar-refractivity contribution in [2.45, 2.75) is 44.7 Å². The molecule has 1 aromatic heterocycles. The van der Waals surface area contributed by atoms with Gasteiger partial charge >= 0.3 is 0 Å². The maximum Gasteiger partial charge on any atom is 0.244 e. The van der Waals surface area contributed by atoms with Crippen molar-refractivity contribution in [1.82, 2.24) is 14.2 Å². The summed E-state index contributed by atoms with van der Waals surface area (Å²) < 4.78 is 28.3. The lowest BCUT2D eigenvalue weighted by molar-refractivity contribution is 0.498. The summed E-state index contributed by atoms with van der Waals surface area (Å²) >= 11 is 0. The highest BCUT2D eigenvalue weighted by atomic mass is 32.2. The van der Waals surface area contributed by atoms with Crippen molar-refractivity contribution < 1.29 is 8.42 Å². The zero-order valence-corrected chi connectivity index (χ0v) is 14.3. The van der Waals surface area contributed by atoms with Gasteiger partial charge in [0.05, 0.1) is 0 Å². The van der Waals surface area contributed by atoms with Gasteiger partial charge in [-0.2, -0.15) is 4.31 Å². The topological polar surface area (TPSA) is 54.3 Å². The van der Waals surface area contributed by atoms with Gasteiger partial charge in [0.15, 0.2) is 0 Å². The molecule has 1 rings (SSSR count). The molecule has 0 atom stereocenters. The maximum atomic E-state index is 12.5. The highest BCUT2D eigenvalue weighted by Gasteiger charge is 2.23. The number of hydrogen-bond donors (Lipinski definition) is 1. The molecule has 1 heterocycles. The Labute approximate surface area is 128 Å². The highest BCUT2D eigenvalue weighted by Crippen LogP contribution is 2.21. The van der Waals surface area contributed by atoms with E-state index < -0.39 is 10.0 Å². The second kappa shape index (κ2) is 7.77. The molecule has 0 bridgehead atoms. The van der Waals surface area contributed by atoms with Crippen LogP contribution in [0, 0.1) is 0 Å². The Bertz CT molecular complexity index is 561. The van der Waals surface area contributed by atoms with Crippen molar-refractivity contribution >= 4 is 10.0 Å². The zero-order valence-electron chi connectivity index (χ0n) is 13.5.